The first kappa shape index (κ1) is 23.9. The van der Waals surface area contributed by atoms with Crippen LogP contribution in [0.4, 0.5) is 22.0 Å². The molecule has 0 radical (unpaired) electrons. The van der Waals surface area contributed by atoms with Crippen LogP contribution in [0.5, 0.6) is 0 Å². The molecule has 15 heteroatoms. The number of pyridine rings is 1. The van der Waals surface area contributed by atoms with Gasteiger partial charge in [0.2, 0.25) is 4.80 Å². The van der Waals surface area contributed by atoms with Crippen LogP contribution in [0.25, 0.3) is 0 Å². The quantitative estimate of drug-likeness (QED) is 0.589. The molecule has 1 fully saturated rings. The van der Waals surface area contributed by atoms with Crippen molar-refractivity contribution in [2.45, 2.75) is 42.2 Å². The second kappa shape index (κ2) is 7.69. The van der Waals surface area contributed by atoms with E-state index in [9.17, 15) is 40.4 Å². The molecule has 2 aromatic heterocycles. The van der Waals surface area contributed by atoms with Crippen molar-refractivity contribution in [3.8, 4) is 6.07 Å². The van der Waals surface area contributed by atoms with Crippen LogP contribution in [0, 0.1) is 11.3 Å². The van der Waals surface area contributed by atoms with E-state index in [1.165, 1.54) is 6.92 Å². The zero-order valence-corrected chi connectivity index (χ0v) is 18.1. The number of rotatable bonds is 5. The maximum Gasteiger partial charge on any atom is 0.460 e. The smallest absolute Gasteiger partial charge is 0.265 e. The number of nitriles is 1. The van der Waals surface area contributed by atoms with Gasteiger partial charge in [0.15, 0.2) is 14.8 Å². The van der Waals surface area contributed by atoms with E-state index in [0.717, 1.165) is 19.3 Å². The molecule has 1 amide bonds. The monoisotopic (exact) mass is 495 g/mol. The molecule has 8 nitrogen and oxygen atoms in total. The Morgan fingerprint density at radius 3 is 2.47 bits per heavy atom. The second-order valence-electron chi connectivity index (χ2n) is 6.97. The number of halogens is 5. The first-order valence-corrected chi connectivity index (χ1v) is 11.4. The highest BCUT2D eigenvalue weighted by Gasteiger charge is 2.61. The molecular formula is C17H14F5N5O3S2. The fraction of sp³-hybridized carbons (Fsp3) is 0.471. The molecule has 0 aliphatic heterocycles. The lowest BCUT2D eigenvalue weighted by Gasteiger charge is -2.15. The Kier molecular flexibility index (Phi) is 5.75. The van der Waals surface area contributed by atoms with Gasteiger partial charge in [0.05, 0.1) is 22.1 Å². The highest BCUT2D eigenvalue weighted by atomic mass is 32.2. The third kappa shape index (κ3) is 4.04. The minimum absolute atomic E-state index is 0.169. The SMILES string of the molecule is CCS(=O)(=O)c1cc(C2(C#N)CC2)cnc1C(=O)N=c1sc(C(F)(F)C(F)(F)F)nn1C. The van der Waals surface area contributed by atoms with Crippen LogP contribution in [-0.2, 0) is 28.2 Å². The van der Waals surface area contributed by atoms with Crippen LogP contribution in [0.1, 0.15) is 40.8 Å². The molecule has 0 saturated heterocycles. The molecule has 0 atom stereocenters. The summed E-state index contributed by atoms with van der Waals surface area (Å²) in [5.41, 5.74) is -1.23. The van der Waals surface area contributed by atoms with Gasteiger partial charge in [-0.25, -0.2) is 18.1 Å². The largest absolute Gasteiger partial charge is 0.460 e. The Labute approximate surface area is 182 Å². The van der Waals surface area contributed by atoms with Crippen LogP contribution in [-0.4, -0.2) is 41.0 Å². The number of aromatic nitrogens is 3. The molecule has 0 spiro atoms. The number of carbonyl (C=O) groups excluding carboxylic acids is 1. The lowest BCUT2D eigenvalue weighted by Crippen LogP contribution is -2.33. The van der Waals surface area contributed by atoms with E-state index in [1.54, 1.807) is 0 Å². The summed E-state index contributed by atoms with van der Waals surface area (Å²) in [7, 11) is -3.01. The number of aryl methyl sites for hydroxylation is 1. The summed E-state index contributed by atoms with van der Waals surface area (Å²) in [5, 5.41) is 10.8. The molecule has 172 valence electrons. The van der Waals surface area contributed by atoms with E-state index in [1.807, 2.05) is 0 Å². The predicted octanol–water partition coefficient (Wildman–Crippen LogP) is 2.62. The van der Waals surface area contributed by atoms with Crippen molar-refractivity contribution in [3.05, 3.63) is 33.3 Å². The molecule has 32 heavy (non-hydrogen) atoms. The van der Waals surface area contributed by atoms with Gasteiger partial charge in [-0.05, 0) is 24.5 Å². The zero-order chi connectivity index (χ0) is 24.1. The lowest BCUT2D eigenvalue weighted by molar-refractivity contribution is -0.289. The fourth-order valence-corrected chi connectivity index (χ4v) is 4.62. The van der Waals surface area contributed by atoms with E-state index in [2.05, 4.69) is 21.1 Å². The van der Waals surface area contributed by atoms with Gasteiger partial charge in [-0.15, -0.1) is 0 Å². The van der Waals surface area contributed by atoms with Crippen LogP contribution in [0.3, 0.4) is 0 Å². The van der Waals surface area contributed by atoms with E-state index in [4.69, 9.17) is 0 Å². The number of sulfone groups is 1. The number of amides is 1. The van der Waals surface area contributed by atoms with Gasteiger partial charge >= 0.3 is 12.1 Å². The van der Waals surface area contributed by atoms with E-state index >= 15 is 0 Å². The Morgan fingerprint density at radius 2 is 1.97 bits per heavy atom. The molecule has 2 aromatic rings. The van der Waals surface area contributed by atoms with Crippen molar-refractivity contribution in [2.24, 2.45) is 12.0 Å². The highest BCUT2D eigenvalue weighted by molar-refractivity contribution is 7.91. The molecular weight excluding hydrogens is 481 g/mol. The van der Waals surface area contributed by atoms with Crippen molar-refractivity contribution in [1.29, 1.82) is 5.26 Å². The molecule has 0 N–H and O–H groups in total. The summed E-state index contributed by atoms with van der Waals surface area (Å²) in [6.07, 6.45) is -3.77. The summed E-state index contributed by atoms with van der Waals surface area (Å²) in [4.78, 5) is 18.8. The van der Waals surface area contributed by atoms with Crippen LogP contribution >= 0.6 is 11.3 Å². The zero-order valence-electron chi connectivity index (χ0n) is 16.4. The number of hydrogen-bond donors (Lipinski definition) is 0. The fourth-order valence-electron chi connectivity index (χ4n) is 2.68. The molecule has 1 saturated carbocycles. The maximum atomic E-state index is 13.5. The average molecular weight is 495 g/mol. The molecule has 0 bridgehead atoms. The Bertz CT molecular complexity index is 1300. The highest BCUT2D eigenvalue weighted by Crippen LogP contribution is 2.48. The van der Waals surface area contributed by atoms with Crippen molar-refractivity contribution in [1.82, 2.24) is 14.8 Å². The predicted molar refractivity (Wildman–Crippen MR) is 99.4 cm³/mol. The Morgan fingerprint density at radius 1 is 1.34 bits per heavy atom. The first-order valence-electron chi connectivity index (χ1n) is 8.91. The summed E-state index contributed by atoms with van der Waals surface area (Å²) in [6.45, 7) is 1.32. The van der Waals surface area contributed by atoms with Gasteiger partial charge in [0, 0.05) is 13.2 Å². The number of carbonyl (C=O) groups is 1. The van der Waals surface area contributed by atoms with E-state index in [0.29, 0.717) is 23.1 Å². The number of nitrogens with zero attached hydrogens (tertiary/aromatic N) is 5. The van der Waals surface area contributed by atoms with Gasteiger partial charge in [0.1, 0.15) is 5.69 Å². The van der Waals surface area contributed by atoms with E-state index in [-0.39, 0.29) is 11.3 Å². The van der Waals surface area contributed by atoms with Crippen LogP contribution < -0.4 is 4.80 Å². The summed E-state index contributed by atoms with van der Waals surface area (Å²) >= 11 is -0.169. The van der Waals surface area contributed by atoms with Crippen molar-refractivity contribution in [3.63, 3.8) is 0 Å². The maximum absolute atomic E-state index is 13.5. The second-order valence-corrected chi connectivity index (χ2v) is 10.2. The average Bonchev–Trinajstić information content (AvgIpc) is 3.44. The van der Waals surface area contributed by atoms with Crippen molar-refractivity contribution in [2.75, 3.05) is 5.75 Å². The number of alkyl halides is 5. The van der Waals surface area contributed by atoms with Gasteiger partial charge in [-0.1, -0.05) is 18.3 Å². The van der Waals surface area contributed by atoms with Crippen LogP contribution in [0.15, 0.2) is 22.2 Å². The normalized spacial score (nSPS) is 16.6. The molecule has 1 aliphatic rings. The number of hydrogen-bond acceptors (Lipinski definition) is 7. The summed E-state index contributed by atoms with van der Waals surface area (Å²) < 4.78 is 90.5. The third-order valence-corrected chi connectivity index (χ3v) is 7.63. The van der Waals surface area contributed by atoms with Crippen molar-refractivity contribution >= 4 is 27.1 Å². The van der Waals surface area contributed by atoms with Gasteiger partial charge in [-0.2, -0.15) is 37.3 Å². The topological polar surface area (TPSA) is 118 Å². The first-order chi connectivity index (χ1) is 14.7. The minimum Gasteiger partial charge on any atom is -0.265 e. The van der Waals surface area contributed by atoms with Gasteiger partial charge in [0.25, 0.3) is 5.91 Å². The molecule has 2 heterocycles. The summed E-state index contributed by atoms with van der Waals surface area (Å²) in [6, 6.07) is 3.23. The van der Waals surface area contributed by atoms with Crippen molar-refractivity contribution < 1.29 is 35.2 Å². The van der Waals surface area contributed by atoms with Gasteiger partial charge in [-0.3, -0.25) is 4.79 Å². The van der Waals surface area contributed by atoms with Gasteiger partial charge < -0.3 is 0 Å². The third-order valence-electron chi connectivity index (χ3n) is 4.81. The molecule has 0 unspecified atom stereocenters. The summed E-state index contributed by atoms with van der Waals surface area (Å²) in [5.74, 6) is -6.95. The minimum atomic E-state index is -5.90. The van der Waals surface area contributed by atoms with E-state index < -0.39 is 59.4 Å². The molecule has 3 rings (SSSR count). The lowest BCUT2D eigenvalue weighted by atomic mass is 9.99. The molecule has 0 aromatic carbocycles. The standard InChI is InChI=1S/C17H14F5N5O3S2/c1-3-32(29,30)10-6-9(15(8-23)4-5-15)7-24-11(10)12(28)25-14-27(2)26-13(31-14)16(18,19)17(20,21)22/h6-7H,3-5H2,1-2H3. The molecule has 1 aliphatic carbocycles. The van der Waals surface area contributed by atoms with Crippen LogP contribution in [0.2, 0.25) is 0 Å². The Hall–Kier alpha value is -2.73. The Balaban J connectivity index is 2.11.